The van der Waals surface area contributed by atoms with Gasteiger partial charge in [0.1, 0.15) is 5.69 Å². The van der Waals surface area contributed by atoms with Crippen LogP contribution < -0.4 is 0 Å². The van der Waals surface area contributed by atoms with Gasteiger partial charge in [-0.2, -0.15) is 0 Å². The van der Waals surface area contributed by atoms with E-state index in [2.05, 4.69) is 20.9 Å². The maximum absolute atomic E-state index is 12.7. The van der Waals surface area contributed by atoms with Gasteiger partial charge in [0.2, 0.25) is 0 Å². The second-order valence-corrected chi connectivity index (χ2v) is 3.85. The molecule has 0 saturated carbocycles. The van der Waals surface area contributed by atoms with Gasteiger partial charge in [-0.25, -0.2) is 8.78 Å². The van der Waals surface area contributed by atoms with Crippen LogP contribution in [0.1, 0.15) is 28.9 Å². The zero-order valence-electron chi connectivity index (χ0n) is 8.51. The highest BCUT2D eigenvalue weighted by Crippen LogP contribution is 2.26. The Balaban J connectivity index is 3.29. The average molecular weight is 294 g/mol. The summed E-state index contributed by atoms with van der Waals surface area (Å²) < 4.78 is 25.4. The summed E-state index contributed by atoms with van der Waals surface area (Å²) in [5, 5.41) is 8.85. The Morgan fingerprint density at radius 3 is 2.69 bits per heavy atom. The third-order valence-corrected chi connectivity index (χ3v) is 2.62. The predicted octanol–water partition coefficient (Wildman–Crippen LogP) is 2.85. The number of carbonyl (C=O) groups is 1. The highest BCUT2D eigenvalue weighted by Gasteiger charge is 2.19. The zero-order chi connectivity index (χ0) is 12.3. The van der Waals surface area contributed by atoms with Gasteiger partial charge < -0.3 is 5.11 Å². The lowest BCUT2D eigenvalue weighted by Gasteiger charge is -2.11. The highest BCUT2D eigenvalue weighted by atomic mass is 79.9. The zero-order valence-corrected chi connectivity index (χ0v) is 10.1. The lowest BCUT2D eigenvalue weighted by Crippen LogP contribution is -2.08. The van der Waals surface area contributed by atoms with E-state index in [4.69, 9.17) is 5.11 Å². The van der Waals surface area contributed by atoms with Gasteiger partial charge in [-0.05, 0) is 24.1 Å². The summed E-state index contributed by atoms with van der Waals surface area (Å²) >= 11 is 3.08. The van der Waals surface area contributed by atoms with Crippen LogP contribution >= 0.6 is 15.9 Å². The summed E-state index contributed by atoms with van der Waals surface area (Å²) in [5.41, 5.74) is 0.708. The molecule has 0 atom stereocenters. The van der Waals surface area contributed by atoms with Gasteiger partial charge in [0.15, 0.2) is 0 Å². The highest BCUT2D eigenvalue weighted by molar-refractivity contribution is 9.08. The van der Waals surface area contributed by atoms with Crippen molar-refractivity contribution in [2.45, 2.75) is 25.1 Å². The van der Waals surface area contributed by atoms with Crippen LogP contribution in [0.5, 0.6) is 0 Å². The van der Waals surface area contributed by atoms with E-state index in [-0.39, 0.29) is 23.0 Å². The number of nitrogens with zero attached hydrogens (tertiary/aromatic N) is 1. The molecule has 1 aromatic rings. The molecule has 1 N–H and O–H groups in total. The molecule has 6 heteroatoms. The van der Waals surface area contributed by atoms with E-state index in [1.807, 2.05) is 0 Å². The van der Waals surface area contributed by atoms with Gasteiger partial charge in [0.25, 0.3) is 6.43 Å². The molecule has 1 rings (SSSR count). The monoisotopic (exact) mass is 293 g/mol. The molecule has 1 heterocycles. The maximum atomic E-state index is 12.7. The lowest BCUT2D eigenvalue weighted by molar-refractivity contribution is -0.136. The topological polar surface area (TPSA) is 50.2 Å². The second kappa shape index (κ2) is 5.34. The van der Waals surface area contributed by atoms with Crippen molar-refractivity contribution in [1.82, 2.24) is 4.98 Å². The first-order valence-electron chi connectivity index (χ1n) is 4.51. The Hall–Kier alpha value is -1.04. The van der Waals surface area contributed by atoms with Crippen LogP contribution in [0.15, 0.2) is 6.07 Å². The molecular formula is C10H10BrF2NO2. The molecule has 1 aromatic heterocycles. The van der Waals surface area contributed by atoms with E-state index >= 15 is 0 Å². The van der Waals surface area contributed by atoms with Crippen LogP contribution in [0, 0.1) is 6.92 Å². The standard InChI is InChI=1S/C10H10BrF2NO2/c1-5-2-6(3-8(15)16)7(4-11)9(14-5)10(12)13/h2,10H,3-4H2,1H3,(H,15,16). The molecule has 0 saturated heterocycles. The van der Waals surface area contributed by atoms with Crippen molar-refractivity contribution in [1.29, 1.82) is 0 Å². The normalized spacial score (nSPS) is 10.8. The molecule has 0 aliphatic heterocycles. The van der Waals surface area contributed by atoms with Gasteiger partial charge in [0.05, 0.1) is 6.42 Å². The van der Waals surface area contributed by atoms with Crippen LogP contribution in [0.25, 0.3) is 0 Å². The number of pyridine rings is 1. The third-order valence-electron chi connectivity index (χ3n) is 2.06. The molecule has 0 spiro atoms. The fourth-order valence-electron chi connectivity index (χ4n) is 1.45. The molecule has 88 valence electrons. The average Bonchev–Trinajstić information content (AvgIpc) is 2.15. The Labute approximate surface area is 99.6 Å². The van der Waals surface area contributed by atoms with E-state index in [0.29, 0.717) is 11.3 Å². The van der Waals surface area contributed by atoms with Crippen molar-refractivity contribution < 1.29 is 18.7 Å². The van der Waals surface area contributed by atoms with E-state index < -0.39 is 12.4 Å². The molecule has 3 nitrogen and oxygen atoms in total. The summed E-state index contributed by atoms with van der Waals surface area (Å²) in [6.45, 7) is 1.56. The summed E-state index contributed by atoms with van der Waals surface area (Å²) in [5.74, 6) is -1.05. The van der Waals surface area contributed by atoms with Crippen molar-refractivity contribution in [3.63, 3.8) is 0 Å². The Kier molecular flexibility index (Phi) is 4.35. The molecule has 0 unspecified atom stereocenters. The van der Waals surface area contributed by atoms with Crippen LogP contribution in [-0.2, 0) is 16.5 Å². The molecule has 0 fully saturated rings. The van der Waals surface area contributed by atoms with Crippen LogP contribution in [0.4, 0.5) is 8.78 Å². The number of alkyl halides is 3. The smallest absolute Gasteiger partial charge is 0.307 e. The lowest BCUT2D eigenvalue weighted by atomic mass is 10.0. The van der Waals surface area contributed by atoms with Crippen molar-refractivity contribution >= 4 is 21.9 Å². The number of hydrogen-bond acceptors (Lipinski definition) is 2. The molecule has 0 aliphatic carbocycles. The first-order chi connectivity index (χ1) is 7.45. The second-order valence-electron chi connectivity index (χ2n) is 3.29. The Bertz CT molecular complexity index is 410. The fraction of sp³-hybridized carbons (Fsp3) is 0.400. The van der Waals surface area contributed by atoms with Crippen molar-refractivity contribution in [2.75, 3.05) is 0 Å². The minimum Gasteiger partial charge on any atom is -0.481 e. The number of aromatic nitrogens is 1. The minimum absolute atomic E-state index is 0.169. The Morgan fingerprint density at radius 2 is 2.25 bits per heavy atom. The molecule has 16 heavy (non-hydrogen) atoms. The van der Waals surface area contributed by atoms with Gasteiger partial charge in [-0.1, -0.05) is 15.9 Å². The van der Waals surface area contributed by atoms with Crippen LogP contribution in [-0.4, -0.2) is 16.1 Å². The minimum atomic E-state index is -2.69. The molecule has 0 amide bonds. The van der Waals surface area contributed by atoms with Crippen LogP contribution in [0.2, 0.25) is 0 Å². The number of rotatable bonds is 4. The summed E-state index contributed by atoms with van der Waals surface area (Å²) in [6, 6.07) is 1.52. The van der Waals surface area contributed by atoms with Crippen LogP contribution in [0.3, 0.4) is 0 Å². The largest absolute Gasteiger partial charge is 0.481 e. The summed E-state index contributed by atoms with van der Waals surface area (Å²) in [6.07, 6.45) is -2.97. The summed E-state index contributed by atoms with van der Waals surface area (Å²) in [4.78, 5) is 14.3. The van der Waals surface area contributed by atoms with Gasteiger partial charge in [0, 0.05) is 11.0 Å². The summed E-state index contributed by atoms with van der Waals surface area (Å²) in [7, 11) is 0. The number of carboxylic acid groups (broad SMARTS) is 1. The number of halogens is 3. The van der Waals surface area contributed by atoms with E-state index in [1.165, 1.54) is 6.07 Å². The van der Waals surface area contributed by atoms with Gasteiger partial charge in [-0.15, -0.1) is 0 Å². The Morgan fingerprint density at radius 1 is 1.62 bits per heavy atom. The predicted molar refractivity (Wildman–Crippen MR) is 57.9 cm³/mol. The number of aryl methyl sites for hydroxylation is 1. The third kappa shape index (κ3) is 2.98. The van der Waals surface area contributed by atoms with E-state index in [1.54, 1.807) is 6.92 Å². The van der Waals surface area contributed by atoms with Crippen molar-refractivity contribution in [3.8, 4) is 0 Å². The molecule has 0 radical (unpaired) electrons. The first kappa shape index (κ1) is 13.0. The van der Waals surface area contributed by atoms with E-state index in [0.717, 1.165) is 0 Å². The first-order valence-corrected chi connectivity index (χ1v) is 5.63. The van der Waals surface area contributed by atoms with Crippen molar-refractivity contribution in [2.24, 2.45) is 0 Å². The molecule has 0 aromatic carbocycles. The van der Waals surface area contributed by atoms with Gasteiger partial charge >= 0.3 is 5.97 Å². The number of carboxylic acids is 1. The SMILES string of the molecule is Cc1cc(CC(=O)O)c(CBr)c(C(F)F)n1. The fourth-order valence-corrected chi connectivity index (χ4v) is 2.10. The maximum Gasteiger partial charge on any atom is 0.307 e. The number of hydrogen-bond donors (Lipinski definition) is 1. The number of aliphatic carboxylic acids is 1. The van der Waals surface area contributed by atoms with Gasteiger partial charge in [-0.3, -0.25) is 9.78 Å². The quantitative estimate of drug-likeness (QED) is 0.869. The molecule has 0 bridgehead atoms. The van der Waals surface area contributed by atoms with Crippen molar-refractivity contribution in [3.05, 3.63) is 28.6 Å². The van der Waals surface area contributed by atoms with E-state index in [9.17, 15) is 13.6 Å². The molecular weight excluding hydrogens is 284 g/mol. The molecule has 0 aliphatic rings.